The van der Waals surface area contributed by atoms with Gasteiger partial charge < -0.3 is 71.7 Å². The van der Waals surface area contributed by atoms with Crippen LogP contribution in [0.5, 0.6) is 0 Å². The fraction of sp³-hybridized carbons (Fsp3) is 0.440. The van der Waals surface area contributed by atoms with Crippen LogP contribution < -0.4 is 26.6 Å². The molecule has 1 fully saturated rings. The number of phosphoric acid groups is 2. The normalized spacial score (nSPS) is 27.1. The lowest BCUT2D eigenvalue weighted by molar-refractivity contribution is -0.121. The monoisotopic (exact) mass is 795 g/mol. The second-order valence-electron chi connectivity index (χ2n) is 11.5. The fourth-order valence-electron chi connectivity index (χ4n) is 5.47. The molecule has 52 heavy (non-hydrogen) atoms. The van der Waals surface area contributed by atoms with Gasteiger partial charge in [-0.1, -0.05) is 11.6 Å². The van der Waals surface area contributed by atoms with Gasteiger partial charge in [-0.15, -0.1) is 0 Å². The Labute approximate surface area is 296 Å². The summed E-state index contributed by atoms with van der Waals surface area (Å²) in [5, 5.41) is 70.9. The Morgan fingerprint density at radius 2 is 1.75 bits per heavy atom. The van der Waals surface area contributed by atoms with Gasteiger partial charge in [0.05, 0.1) is 37.5 Å². The number of β-amino-alcohol motifs (C(OH)–C–C–N with tert-alkyl or cyclic N) is 1. The maximum absolute atomic E-state index is 12.5. The van der Waals surface area contributed by atoms with Gasteiger partial charge in [0.2, 0.25) is 6.35 Å². The molecule has 6 rings (SSSR count). The molecule has 3 aliphatic rings. The Morgan fingerprint density at radius 1 is 1.02 bits per heavy atom. The molecule has 284 valence electrons. The molecule has 1 saturated heterocycles. The number of hydrogen-bond donors (Lipinski definition) is 12. The molecular formula is C25H32ClN9O15P2. The Bertz CT molecular complexity index is 1970. The molecule has 13 N–H and O–H groups in total. The number of aliphatic hydroxyl groups is 6. The third-order valence-electron chi connectivity index (χ3n) is 7.96. The smallest absolute Gasteiger partial charge is 0.388 e. The summed E-state index contributed by atoms with van der Waals surface area (Å²) >= 11 is 6.13. The van der Waals surface area contributed by atoms with Crippen LogP contribution in [0.4, 0.5) is 17.2 Å². The number of ether oxygens (including phenoxy) is 1. The average Bonchev–Trinajstić information content (AvgIpc) is 3.63. The summed E-state index contributed by atoms with van der Waals surface area (Å²) in [6, 6.07) is 4.50. The van der Waals surface area contributed by atoms with E-state index in [1.807, 2.05) is 0 Å². The Morgan fingerprint density at radius 3 is 2.50 bits per heavy atom. The number of carbonyl (C=O) groups excluding carboxylic acids is 1. The number of nitrogens with two attached hydrogens (primary N) is 1. The number of phosphoric ester groups is 2. The molecule has 24 nitrogen and oxygen atoms in total. The zero-order chi connectivity index (χ0) is 37.7. The van der Waals surface area contributed by atoms with E-state index >= 15 is 0 Å². The van der Waals surface area contributed by atoms with Crippen molar-refractivity contribution >= 4 is 61.5 Å². The molecule has 0 spiro atoms. The molecule has 5 heterocycles. The molecule has 3 aliphatic heterocycles. The van der Waals surface area contributed by atoms with Crippen LogP contribution in [0.25, 0.3) is 11.2 Å². The highest BCUT2D eigenvalue weighted by atomic mass is 35.5. The second-order valence-corrected chi connectivity index (χ2v) is 15.0. The summed E-state index contributed by atoms with van der Waals surface area (Å²) in [6.45, 7) is -2.73. The fourth-order valence-corrected chi connectivity index (χ4v) is 7.73. The van der Waals surface area contributed by atoms with Crippen LogP contribution in [-0.4, -0.2) is 129 Å². The third-order valence-corrected chi connectivity index (χ3v) is 10.8. The van der Waals surface area contributed by atoms with Crippen molar-refractivity contribution in [3.63, 3.8) is 0 Å². The first kappa shape index (κ1) is 38.2. The van der Waals surface area contributed by atoms with Crippen LogP contribution in [-0.2, 0) is 32.0 Å². The van der Waals surface area contributed by atoms with Gasteiger partial charge in [-0.3, -0.25) is 18.4 Å². The van der Waals surface area contributed by atoms with Crippen molar-refractivity contribution in [2.45, 2.75) is 49.2 Å². The highest BCUT2D eigenvalue weighted by molar-refractivity contribution is 7.61. The topological polar surface area (TPSA) is 359 Å². The van der Waals surface area contributed by atoms with Crippen molar-refractivity contribution in [2.24, 2.45) is 0 Å². The summed E-state index contributed by atoms with van der Waals surface area (Å²) in [4.78, 5) is 45.8. The highest BCUT2D eigenvalue weighted by Crippen LogP contribution is 2.60. The summed E-state index contributed by atoms with van der Waals surface area (Å²) in [6.07, 6.45) is -11.4. The van der Waals surface area contributed by atoms with Gasteiger partial charge in [-0.2, -0.15) is 4.31 Å². The number of aromatic nitrogens is 4. The minimum Gasteiger partial charge on any atom is -0.388 e. The molecule has 0 radical (unpaired) electrons. The van der Waals surface area contributed by atoms with E-state index in [9.17, 15) is 54.4 Å². The molecule has 2 aromatic heterocycles. The number of benzene rings is 1. The van der Waals surface area contributed by atoms with Crippen LogP contribution in [0.1, 0.15) is 6.23 Å². The van der Waals surface area contributed by atoms with Crippen LogP contribution in [0.15, 0.2) is 42.4 Å². The minimum absolute atomic E-state index is 0.0227. The molecule has 27 heteroatoms. The van der Waals surface area contributed by atoms with Crippen molar-refractivity contribution < 1.29 is 72.4 Å². The van der Waals surface area contributed by atoms with Gasteiger partial charge in [0.1, 0.15) is 60.0 Å². The number of amides is 1. The van der Waals surface area contributed by atoms with Crippen LogP contribution in [0.2, 0.25) is 5.02 Å². The van der Waals surface area contributed by atoms with Gasteiger partial charge in [0.25, 0.3) is 5.91 Å². The van der Waals surface area contributed by atoms with Crippen molar-refractivity contribution in [1.82, 2.24) is 30.2 Å². The number of rotatable bonds is 13. The van der Waals surface area contributed by atoms with Gasteiger partial charge >= 0.3 is 15.6 Å². The summed E-state index contributed by atoms with van der Waals surface area (Å²) < 4.78 is 45.3. The van der Waals surface area contributed by atoms with E-state index < -0.39 is 90.5 Å². The number of carbonyl (C=O) groups is 1. The quantitative estimate of drug-likeness (QED) is 0.0772. The van der Waals surface area contributed by atoms with E-state index in [1.54, 1.807) is 0 Å². The predicted octanol–water partition coefficient (Wildman–Crippen LogP) is -2.89. The van der Waals surface area contributed by atoms with Gasteiger partial charge in [0.15, 0.2) is 17.7 Å². The average molecular weight is 796 g/mol. The Kier molecular flexibility index (Phi) is 10.8. The Balaban J connectivity index is 1.03. The number of imidazole rings is 1. The number of nitrogens with zero attached hydrogens (tertiary/aromatic N) is 5. The van der Waals surface area contributed by atoms with Crippen LogP contribution >= 0.6 is 27.2 Å². The van der Waals surface area contributed by atoms with E-state index in [0.29, 0.717) is 11.4 Å². The second kappa shape index (κ2) is 14.7. The number of nitrogens with one attached hydrogen (secondary N) is 3. The minimum atomic E-state index is -5.53. The maximum Gasteiger partial charge on any atom is 0.481 e. The van der Waals surface area contributed by atoms with Crippen molar-refractivity contribution in [3.8, 4) is 0 Å². The van der Waals surface area contributed by atoms with Gasteiger partial charge in [0, 0.05) is 5.02 Å². The van der Waals surface area contributed by atoms with E-state index in [4.69, 9.17) is 26.6 Å². The molecule has 0 bridgehead atoms. The molecule has 10 atom stereocenters. The zero-order valence-corrected chi connectivity index (χ0v) is 28.7. The molecule has 1 amide bonds. The largest absolute Gasteiger partial charge is 0.481 e. The lowest BCUT2D eigenvalue weighted by Gasteiger charge is -2.40. The number of anilines is 3. The van der Waals surface area contributed by atoms with Crippen LogP contribution in [0, 0.1) is 0 Å². The number of hydrogen-bond acceptors (Lipinski definition) is 20. The number of halogens is 1. The summed E-state index contributed by atoms with van der Waals surface area (Å²) in [5.74, 6) is -0.703. The Hall–Kier alpha value is -3.55. The van der Waals surface area contributed by atoms with Crippen LogP contribution in [0.3, 0.4) is 0 Å². The molecule has 3 unspecified atom stereocenters. The maximum atomic E-state index is 12.5. The van der Waals surface area contributed by atoms with E-state index in [0.717, 1.165) is 6.33 Å². The van der Waals surface area contributed by atoms with E-state index in [2.05, 4.69) is 39.7 Å². The van der Waals surface area contributed by atoms with E-state index in [-0.39, 0.29) is 33.5 Å². The summed E-state index contributed by atoms with van der Waals surface area (Å²) in [7, 11) is -11.0. The first-order valence-corrected chi connectivity index (χ1v) is 18.3. The standard InChI is InChI=1S/C25H32ClN9O15P2/c26-9-1-2-10-11(3-9)34(22-16(31-10)23(41)33-25(42)32-22)4-12(36)17(38)13(37)5-47-51(43,44)50-52(45,46)48-6-14-18(39)19(40)24(49-14)35-8-30-15-20(27)28-7-29-21(15)35/h1-3,7-8,12-14,17-19,24-25,31-32,36-40,42H,4-6H2,(H,33,41)(H,43,44)(H,45,46)(H2,27,28,29)/t12-,13-,14-,17-,18-,19-,24-,25?/m1/s1. The van der Waals surface area contributed by atoms with Crippen molar-refractivity contribution in [3.05, 3.63) is 47.4 Å². The van der Waals surface area contributed by atoms with Gasteiger partial charge in [-0.05, 0) is 18.2 Å². The lowest BCUT2D eigenvalue weighted by atomic mass is 10.1. The lowest BCUT2D eigenvalue weighted by Crippen LogP contribution is -2.58. The van der Waals surface area contributed by atoms with Gasteiger partial charge in [-0.25, -0.2) is 24.1 Å². The molecule has 1 aromatic carbocycles. The zero-order valence-electron chi connectivity index (χ0n) is 26.1. The first-order chi connectivity index (χ1) is 24.4. The predicted molar refractivity (Wildman–Crippen MR) is 173 cm³/mol. The van der Waals surface area contributed by atoms with Crippen molar-refractivity contribution in [1.29, 1.82) is 0 Å². The number of aliphatic hydroxyl groups excluding tert-OH is 6. The number of nitrogen functional groups attached to an aromatic ring is 1. The molecular weight excluding hydrogens is 764 g/mol. The molecule has 3 aromatic rings. The first-order valence-electron chi connectivity index (χ1n) is 14.9. The van der Waals surface area contributed by atoms with E-state index in [1.165, 1.54) is 34.0 Å². The third kappa shape index (κ3) is 7.87. The SMILES string of the molecule is Nc1ncnc2c1ncn2[C@@H]1O[C@H](COP(=O)(O)OP(=O)(O)OC[C@@H](O)[C@H](O)[C@H](O)CN2C3=C(Nc4ccc(Cl)cc42)C(=O)NC(O)N3)[C@@H](O)[C@H]1O. The summed E-state index contributed by atoms with van der Waals surface area (Å²) in [5.41, 5.74) is 6.66. The molecule has 0 saturated carbocycles. The number of fused-ring (bicyclic) bond motifs is 2. The molecule has 0 aliphatic carbocycles. The highest BCUT2D eigenvalue weighted by Gasteiger charge is 2.46. The van der Waals surface area contributed by atoms with Crippen molar-refractivity contribution in [2.75, 3.05) is 35.7 Å².